The normalized spacial score (nSPS) is 10.2. The lowest BCUT2D eigenvalue weighted by Gasteiger charge is -2.08. The Morgan fingerprint density at radius 1 is 1.20 bits per heavy atom. The number of hydrogen-bond donors (Lipinski definition) is 1. The third-order valence-electron chi connectivity index (χ3n) is 2.73. The lowest BCUT2D eigenvalue weighted by atomic mass is 10.2. The van der Waals surface area contributed by atoms with E-state index in [1.54, 1.807) is 30.3 Å². The standard InChI is InChI=1S/C14H12ClNO3S/c1-8-9(15)4-3-5-10(8)16-13(17)11-6-7-12(20-11)14(18)19-2/h3-7H,1-2H3,(H,16,17). The summed E-state index contributed by atoms with van der Waals surface area (Å²) in [5, 5.41) is 3.36. The van der Waals surface area contributed by atoms with E-state index in [2.05, 4.69) is 10.1 Å². The summed E-state index contributed by atoms with van der Waals surface area (Å²) in [5.74, 6) is -0.733. The van der Waals surface area contributed by atoms with Gasteiger partial charge in [-0.3, -0.25) is 4.79 Å². The summed E-state index contributed by atoms with van der Waals surface area (Å²) in [7, 11) is 1.30. The summed E-state index contributed by atoms with van der Waals surface area (Å²) in [6.45, 7) is 1.83. The number of methoxy groups -OCH3 is 1. The van der Waals surface area contributed by atoms with Crippen LogP contribution in [0.3, 0.4) is 0 Å². The van der Waals surface area contributed by atoms with Crippen LogP contribution in [0.25, 0.3) is 0 Å². The molecule has 1 N–H and O–H groups in total. The molecule has 2 aromatic rings. The Morgan fingerprint density at radius 2 is 1.90 bits per heavy atom. The van der Waals surface area contributed by atoms with E-state index in [0.29, 0.717) is 20.5 Å². The number of halogens is 1. The van der Waals surface area contributed by atoms with Crippen LogP contribution >= 0.6 is 22.9 Å². The average molecular weight is 310 g/mol. The molecule has 104 valence electrons. The molecule has 6 heteroatoms. The predicted molar refractivity (Wildman–Crippen MR) is 79.8 cm³/mol. The van der Waals surface area contributed by atoms with Gasteiger partial charge in [-0.1, -0.05) is 17.7 Å². The maximum atomic E-state index is 12.1. The number of anilines is 1. The maximum Gasteiger partial charge on any atom is 0.348 e. The molecule has 0 fully saturated rings. The summed E-state index contributed by atoms with van der Waals surface area (Å²) in [6, 6.07) is 8.45. The molecule has 2 rings (SSSR count). The van der Waals surface area contributed by atoms with Crippen LogP contribution in [0.2, 0.25) is 5.02 Å². The van der Waals surface area contributed by atoms with Gasteiger partial charge in [0.05, 0.1) is 12.0 Å². The van der Waals surface area contributed by atoms with Gasteiger partial charge in [-0.25, -0.2) is 4.79 Å². The molecular weight excluding hydrogens is 298 g/mol. The fraction of sp³-hybridized carbons (Fsp3) is 0.143. The van der Waals surface area contributed by atoms with Gasteiger partial charge in [0.25, 0.3) is 5.91 Å². The molecule has 1 aromatic heterocycles. The lowest BCUT2D eigenvalue weighted by molar-refractivity contribution is 0.0606. The van der Waals surface area contributed by atoms with E-state index in [0.717, 1.165) is 16.9 Å². The largest absolute Gasteiger partial charge is 0.465 e. The number of thiophene rings is 1. The smallest absolute Gasteiger partial charge is 0.348 e. The zero-order valence-corrected chi connectivity index (χ0v) is 12.5. The van der Waals surface area contributed by atoms with Crippen LogP contribution in [0.5, 0.6) is 0 Å². The molecule has 0 atom stereocenters. The Kier molecular flexibility index (Phi) is 4.42. The summed E-state index contributed by atoms with van der Waals surface area (Å²) in [4.78, 5) is 24.3. The number of rotatable bonds is 3. The Hall–Kier alpha value is -1.85. The molecule has 1 heterocycles. The molecule has 1 amide bonds. The Morgan fingerprint density at radius 3 is 2.60 bits per heavy atom. The van der Waals surface area contributed by atoms with Gasteiger partial charge in [-0.05, 0) is 36.8 Å². The first kappa shape index (κ1) is 14.6. The number of hydrogen-bond acceptors (Lipinski definition) is 4. The number of nitrogens with one attached hydrogen (secondary N) is 1. The van der Waals surface area contributed by atoms with Crippen molar-refractivity contribution >= 4 is 40.5 Å². The van der Waals surface area contributed by atoms with Crippen LogP contribution in [-0.4, -0.2) is 19.0 Å². The summed E-state index contributed by atoms with van der Waals surface area (Å²) < 4.78 is 4.60. The monoisotopic (exact) mass is 309 g/mol. The van der Waals surface area contributed by atoms with Crippen molar-refractivity contribution in [2.24, 2.45) is 0 Å². The molecule has 0 unspecified atom stereocenters. The van der Waals surface area contributed by atoms with Crippen molar-refractivity contribution in [1.29, 1.82) is 0 Å². The highest BCUT2D eigenvalue weighted by molar-refractivity contribution is 7.16. The molecule has 0 saturated carbocycles. The fourth-order valence-corrected chi connectivity index (χ4v) is 2.59. The van der Waals surface area contributed by atoms with Gasteiger partial charge in [0, 0.05) is 10.7 Å². The van der Waals surface area contributed by atoms with Crippen LogP contribution in [-0.2, 0) is 4.74 Å². The molecule has 0 bridgehead atoms. The Labute approximate surface area is 125 Å². The van der Waals surface area contributed by atoms with Crippen molar-refractivity contribution in [2.75, 3.05) is 12.4 Å². The quantitative estimate of drug-likeness (QED) is 0.879. The van der Waals surface area contributed by atoms with Crippen LogP contribution in [0.15, 0.2) is 30.3 Å². The minimum atomic E-state index is -0.451. The Bertz CT molecular complexity index is 666. The van der Waals surface area contributed by atoms with Crippen LogP contribution in [0.4, 0.5) is 5.69 Å². The highest BCUT2D eigenvalue weighted by Crippen LogP contribution is 2.24. The first-order valence-electron chi connectivity index (χ1n) is 5.77. The SMILES string of the molecule is COC(=O)c1ccc(C(=O)Nc2cccc(Cl)c2C)s1. The highest BCUT2D eigenvalue weighted by Gasteiger charge is 2.15. The number of benzene rings is 1. The minimum absolute atomic E-state index is 0.282. The number of esters is 1. The zero-order chi connectivity index (χ0) is 14.7. The van der Waals surface area contributed by atoms with Crippen molar-refractivity contribution in [2.45, 2.75) is 6.92 Å². The molecule has 0 aliphatic rings. The molecule has 0 aliphatic heterocycles. The van der Waals surface area contributed by atoms with Gasteiger partial charge in [0.1, 0.15) is 4.88 Å². The van der Waals surface area contributed by atoms with Crippen LogP contribution in [0, 0.1) is 6.92 Å². The van der Waals surface area contributed by atoms with E-state index in [9.17, 15) is 9.59 Å². The van der Waals surface area contributed by atoms with Crippen molar-refractivity contribution in [1.82, 2.24) is 0 Å². The molecule has 0 radical (unpaired) electrons. The van der Waals surface area contributed by atoms with Gasteiger partial charge in [0.2, 0.25) is 0 Å². The van der Waals surface area contributed by atoms with E-state index in [-0.39, 0.29) is 5.91 Å². The summed E-state index contributed by atoms with van der Waals surface area (Å²) in [5.41, 5.74) is 1.45. The molecule has 0 aliphatic carbocycles. The van der Waals surface area contributed by atoms with Gasteiger partial charge >= 0.3 is 5.97 Å². The molecule has 4 nitrogen and oxygen atoms in total. The first-order valence-corrected chi connectivity index (χ1v) is 6.97. The molecule has 20 heavy (non-hydrogen) atoms. The second kappa shape index (κ2) is 6.07. The Balaban J connectivity index is 2.18. The summed E-state index contributed by atoms with van der Waals surface area (Å²) in [6.07, 6.45) is 0. The molecule has 0 spiro atoms. The third kappa shape index (κ3) is 3.00. The van der Waals surface area contributed by atoms with E-state index in [4.69, 9.17) is 11.6 Å². The van der Waals surface area contributed by atoms with Crippen LogP contribution in [0.1, 0.15) is 24.9 Å². The van der Waals surface area contributed by atoms with Gasteiger partial charge in [-0.2, -0.15) is 0 Å². The van der Waals surface area contributed by atoms with E-state index < -0.39 is 5.97 Å². The van der Waals surface area contributed by atoms with Gasteiger partial charge in [0.15, 0.2) is 0 Å². The molecule has 1 aromatic carbocycles. The van der Waals surface area contributed by atoms with Crippen molar-refractivity contribution in [3.8, 4) is 0 Å². The lowest BCUT2D eigenvalue weighted by Crippen LogP contribution is -2.11. The highest BCUT2D eigenvalue weighted by atomic mass is 35.5. The number of amides is 1. The third-order valence-corrected chi connectivity index (χ3v) is 4.21. The second-order valence-corrected chi connectivity index (χ2v) is 5.51. The second-order valence-electron chi connectivity index (χ2n) is 4.02. The fourth-order valence-electron chi connectivity index (χ4n) is 1.60. The maximum absolute atomic E-state index is 12.1. The van der Waals surface area contributed by atoms with E-state index >= 15 is 0 Å². The number of ether oxygens (including phenoxy) is 1. The number of carbonyl (C=O) groups excluding carboxylic acids is 2. The molecular formula is C14H12ClNO3S. The minimum Gasteiger partial charge on any atom is -0.465 e. The van der Waals surface area contributed by atoms with Crippen LogP contribution < -0.4 is 5.32 Å². The average Bonchev–Trinajstić information content (AvgIpc) is 2.93. The van der Waals surface area contributed by atoms with Gasteiger partial charge in [-0.15, -0.1) is 11.3 Å². The topological polar surface area (TPSA) is 55.4 Å². The summed E-state index contributed by atoms with van der Waals surface area (Å²) >= 11 is 7.08. The molecule has 0 saturated heterocycles. The predicted octanol–water partition coefficient (Wildman–Crippen LogP) is 3.75. The van der Waals surface area contributed by atoms with E-state index in [1.165, 1.54) is 7.11 Å². The van der Waals surface area contributed by atoms with Gasteiger partial charge < -0.3 is 10.1 Å². The van der Waals surface area contributed by atoms with Crippen molar-refractivity contribution in [3.63, 3.8) is 0 Å². The number of carbonyl (C=O) groups is 2. The van der Waals surface area contributed by atoms with Crippen molar-refractivity contribution < 1.29 is 14.3 Å². The zero-order valence-electron chi connectivity index (χ0n) is 10.9. The first-order chi connectivity index (χ1) is 9.52. The van der Waals surface area contributed by atoms with E-state index in [1.807, 2.05) is 6.92 Å². The van der Waals surface area contributed by atoms with Crippen molar-refractivity contribution in [3.05, 3.63) is 50.7 Å².